The summed E-state index contributed by atoms with van der Waals surface area (Å²) in [7, 11) is 0. The van der Waals surface area contributed by atoms with Crippen molar-refractivity contribution in [2.24, 2.45) is 0 Å². The highest BCUT2D eigenvalue weighted by Crippen LogP contribution is 2.33. The molecule has 1 aliphatic heterocycles. The summed E-state index contributed by atoms with van der Waals surface area (Å²) in [6, 6.07) is 34.2. The van der Waals surface area contributed by atoms with Crippen LogP contribution in [-0.2, 0) is 32.1 Å². The van der Waals surface area contributed by atoms with Crippen molar-refractivity contribution in [3.63, 3.8) is 0 Å². The van der Waals surface area contributed by atoms with Gasteiger partial charge >= 0.3 is 0 Å². The van der Waals surface area contributed by atoms with E-state index in [9.17, 15) is 10.2 Å². The van der Waals surface area contributed by atoms with Gasteiger partial charge in [-0.2, -0.15) is 105 Å². The second kappa shape index (κ2) is 47.9. The molecule has 13 aromatic rings. The molecule has 41 nitrogen and oxygen atoms in total. The van der Waals surface area contributed by atoms with Crippen LogP contribution in [0.2, 0.25) is 5.02 Å². The third-order valence-electron chi connectivity index (χ3n) is 15.6. The molecule has 0 unspecified atom stereocenters. The maximum atomic E-state index is 9.37. The summed E-state index contributed by atoms with van der Waals surface area (Å²) in [6.45, 7) is 23.3. The van der Waals surface area contributed by atoms with Gasteiger partial charge in [0.05, 0.1) is 18.8 Å². The van der Waals surface area contributed by atoms with Gasteiger partial charge in [0.15, 0.2) is 23.0 Å². The zero-order chi connectivity index (χ0) is 86.1. The average molecular weight is 1660 g/mol. The van der Waals surface area contributed by atoms with Crippen molar-refractivity contribution >= 4 is 101 Å². The lowest BCUT2D eigenvalue weighted by molar-refractivity contribution is 0.174. The minimum atomic E-state index is -0.127. The van der Waals surface area contributed by atoms with E-state index in [0.717, 1.165) is 97.8 Å². The van der Waals surface area contributed by atoms with Crippen LogP contribution in [0.15, 0.2) is 137 Å². The molecule has 0 saturated carbocycles. The summed E-state index contributed by atoms with van der Waals surface area (Å²) in [4.78, 5) is 84.8. The van der Waals surface area contributed by atoms with Gasteiger partial charge in [-0.25, -0.2) is 0 Å². The van der Waals surface area contributed by atoms with E-state index < -0.39 is 0 Å². The monoisotopic (exact) mass is 1660 g/mol. The molecule has 0 bridgehead atoms. The van der Waals surface area contributed by atoms with Gasteiger partial charge in [-0.05, 0) is 183 Å². The molecular formula is C78H102ClN35O6. The Hall–Kier alpha value is -14.8. The number of fused-ring (bicyclic) bond motifs is 1. The Bertz CT molecular complexity index is 5030. The maximum absolute atomic E-state index is 9.37. The number of halogens is 1. The fourth-order valence-corrected chi connectivity index (χ4v) is 10.4. The largest absolute Gasteiger partial charge is 0.504 e. The van der Waals surface area contributed by atoms with Gasteiger partial charge < -0.3 is 105 Å². The van der Waals surface area contributed by atoms with Crippen molar-refractivity contribution in [1.29, 1.82) is 0 Å². The number of unbranched alkanes of at least 4 members (excludes halogenated alkanes) is 1. The smallest absolute Gasteiger partial charge is 0.232 e. The Balaban J connectivity index is 0.000000175. The minimum Gasteiger partial charge on any atom is -0.504 e. The van der Waals surface area contributed by atoms with Crippen LogP contribution in [0.1, 0.15) is 102 Å². The lowest BCUT2D eigenvalue weighted by atomic mass is 10.1. The molecule has 0 saturated heterocycles. The highest BCUT2D eigenvalue weighted by Gasteiger charge is 2.15. The number of aromatic nitrogens is 21. The van der Waals surface area contributed by atoms with Gasteiger partial charge in [0.25, 0.3) is 0 Å². The summed E-state index contributed by atoms with van der Waals surface area (Å²) in [5, 5.41) is 44.1. The van der Waals surface area contributed by atoms with Gasteiger partial charge in [-0.3, -0.25) is 0 Å². The summed E-state index contributed by atoms with van der Waals surface area (Å²) in [5.41, 5.74) is 38.4. The fraction of sp³-hybridized carbons (Fsp3) is 0.321. The van der Waals surface area contributed by atoms with Crippen LogP contribution in [0.25, 0.3) is 0 Å². The van der Waals surface area contributed by atoms with E-state index >= 15 is 0 Å². The number of rotatable bonds is 28. The van der Waals surface area contributed by atoms with Crippen LogP contribution in [0.4, 0.5) is 89.0 Å². The molecule has 42 heteroatoms. The van der Waals surface area contributed by atoms with Gasteiger partial charge in [0.2, 0.25) is 90.1 Å². The number of ether oxygens (including phenoxy) is 2. The van der Waals surface area contributed by atoms with Gasteiger partial charge in [-0.1, -0.05) is 67.4 Å². The number of nitrogen functional groups attached to an aromatic ring is 6. The molecule has 0 fully saturated rings. The topological polar surface area (TPSA) is 608 Å². The van der Waals surface area contributed by atoms with Gasteiger partial charge in [0.1, 0.15) is 46.5 Å². The third kappa shape index (κ3) is 34.7. The number of aryl methyl sites for hydroxylation is 7. The van der Waals surface area contributed by atoms with Crippen molar-refractivity contribution in [1.82, 2.24) is 105 Å². The number of furan rings is 2. The Morgan fingerprint density at radius 3 is 1.21 bits per heavy atom. The second-order valence-electron chi connectivity index (χ2n) is 26.2. The summed E-state index contributed by atoms with van der Waals surface area (Å²) >= 11 is 5.84. The summed E-state index contributed by atoms with van der Waals surface area (Å²) in [5.74, 6) is 12.0. The van der Waals surface area contributed by atoms with E-state index in [1.807, 2.05) is 99.6 Å². The predicted octanol–water partition coefficient (Wildman–Crippen LogP) is 9.78. The number of nitrogens with zero attached hydrogens (tertiary/aromatic N) is 21. The first-order chi connectivity index (χ1) is 57.7. The van der Waals surface area contributed by atoms with E-state index in [-0.39, 0.29) is 53.2 Å². The van der Waals surface area contributed by atoms with Crippen molar-refractivity contribution in [3.05, 3.63) is 202 Å². The molecule has 14 rings (SSSR count). The summed E-state index contributed by atoms with van der Waals surface area (Å²) in [6.07, 6.45) is 11.3. The van der Waals surface area contributed by atoms with E-state index in [1.165, 1.54) is 17.7 Å². The number of nitrogens with two attached hydrogens (primary N) is 6. The highest BCUT2D eigenvalue weighted by molar-refractivity contribution is 6.30. The van der Waals surface area contributed by atoms with Crippen LogP contribution in [0.5, 0.6) is 23.0 Å². The Kier molecular flexibility index (Phi) is 36.2. The molecule has 0 aliphatic carbocycles. The zero-order valence-corrected chi connectivity index (χ0v) is 69.1. The molecule has 1 aliphatic rings. The number of hydrogen-bond acceptors (Lipinski definition) is 41. The van der Waals surface area contributed by atoms with E-state index in [1.54, 1.807) is 66.4 Å². The second-order valence-corrected chi connectivity index (χ2v) is 26.7. The van der Waals surface area contributed by atoms with E-state index in [0.29, 0.717) is 126 Å². The van der Waals surface area contributed by atoms with Crippen molar-refractivity contribution < 1.29 is 28.5 Å². The quantitative estimate of drug-likeness (QED) is 0.0160. The highest BCUT2D eigenvalue weighted by atomic mass is 35.5. The van der Waals surface area contributed by atoms with E-state index in [4.69, 9.17) is 64.3 Å². The standard InChI is InChI=1S/C13H16ClN5.C13H15N5O2.C12H15N5O2.C12H15N5.2C10H13N5O.C8H15N5/c1-8(2)15-12-16-9(3)17-13(19-12)18-11-6-4-10(14)5-7-11;1-8-16-12(14)18-13(17-8)15-5-4-9-2-3-10-11(6-9)20-7-19-10;1-7-15-11(13)17-12(16-7)14-5-4-8-2-3-9(18)10(19)6-8;1-9-15-11(13)17-12(16-9)14-8-7-10-5-3-2-4-6-10;1-7-13-9(11)15-10(14-7)12-4-2-8-3-5-16-6-8;1-7-13-9(11)15-10(14-7)12-5-4-8-3-2-6-16-8;1-3-4-5-10-8-12-6(2)11-7(9)13-8/h4-8H,1-3H3,(H2,15,16,17,18,19);2-3,6H,4-5,7H2,1H3,(H3,14,15,16,17,18);2-3,6,18-19H,4-5H2,1H3,(H3,13,14,15,16,17);2-6H,7-8H2,1H3,(H3,13,14,15,16,17);3,5-6H,2,4H2,1H3,(H3,11,12,13,14,15);2-3,6H,4-5H2,1H3,(H3,11,12,13,14,15);3-5H2,1-2H3,(H3,9,10,11,12,13). The first kappa shape index (κ1) is 90.7. The zero-order valence-electron chi connectivity index (χ0n) is 68.4. The molecule has 22 N–H and O–H groups in total. The van der Waals surface area contributed by atoms with Gasteiger partial charge in [-0.15, -0.1) is 0 Å². The van der Waals surface area contributed by atoms with Crippen LogP contribution in [-0.4, -0.2) is 167 Å². The number of hydrogen-bond donors (Lipinski definition) is 16. The fourth-order valence-electron chi connectivity index (χ4n) is 10.3. The maximum Gasteiger partial charge on any atom is 0.232 e. The minimum absolute atomic E-state index is 0.127. The van der Waals surface area contributed by atoms with Crippen LogP contribution in [0.3, 0.4) is 0 Å². The van der Waals surface area contributed by atoms with Crippen LogP contribution < -0.4 is 86.4 Å². The molecule has 0 atom stereocenters. The number of benzene rings is 4. The molecule has 0 radical (unpaired) electrons. The third-order valence-corrected chi connectivity index (χ3v) is 15.8. The molecule has 0 spiro atoms. The number of phenols is 2. The summed E-state index contributed by atoms with van der Waals surface area (Å²) < 4.78 is 20.8. The van der Waals surface area contributed by atoms with Crippen LogP contribution >= 0.6 is 11.6 Å². The van der Waals surface area contributed by atoms with Crippen molar-refractivity contribution in [2.45, 2.75) is 120 Å². The lowest BCUT2D eigenvalue weighted by Crippen LogP contribution is -2.14. The van der Waals surface area contributed by atoms with Crippen molar-refractivity contribution in [3.8, 4) is 23.0 Å². The first-order valence-electron chi connectivity index (χ1n) is 38.0. The number of anilines is 15. The molecular weight excluding hydrogens is 1560 g/mol. The Labute approximate surface area is 698 Å². The Morgan fingerprint density at radius 1 is 0.375 bits per heavy atom. The number of nitrogens with one attached hydrogen (secondary N) is 8. The van der Waals surface area contributed by atoms with E-state index in [2.05, 4.69) is 166 Å². The molecule has 120 heavy (non-hydrogen) atoms. The predicted molar refractivity (Wildman–Crippen MR) is 462 cm³/mol. The SMILES string of the molecule is CCCCNc1nc(C)nc(N)n1.Cc1nc(N)nc(NCCc2ccc(O)c(O)c2)n1.Cc1nc(N)nc(NCCc2ccc3c(c2)OCO3)n1.Cc1nc(N)nc(NCCc2ccccc2)n1.Cc1nc(N)nc(NCCc2ccco2)n1.Cc1nc(N)nc(NCCc2ccoc2)n1.Cc1nc(Nc2ccc(Cl)cc2)nc(NC(C)C)n1. The van der Waals surface area contributed by atoms with Crippen molar-refractivity contribution in [2.75, 3.05) is 123 Å². The molecule has 9 aromatic heterocycles. The van der Waals surface area contributed by atoms with Crippen LogP contribution in [0, 0.1) is 48.5 Å². The number of aromatic hydroxyl groups is 2. The number of phenolic OH excluding ortho intramolecular Hbond substituents is 2. The first-order valence-corrected chi connectivity index (χ1v) is 38.4. The van der Waals surface area contributed by atoms with Gasteiger partial charge in [0, 0.05) is 62.4 Å². The molecule has 0 amide bonds. The normalized spacial score (nSPS) is 10.7. The molecule has 632 valence electrons. The molecule has 10 heterocycles. The average Bonchev–Trinajstić information content (AvgIpc) is 1.80. The molecule has 4 aromatic carbocycles. The Morgan fingerprint density at radius 2 is 0.783 bits per heavy atom. The lowest BCUT2D eigenvalue weighted by Gasteiger charge is -2.10.